The molecule has 2 aliphatic heterocycles. The first-order valence-corrected chi connectivity index (χ1v) is 27.6. The van der Waals surface area contributed by atoms with Crippen LogP contribution in [0.3, 0.4) is 0 Å². The molecule has 3 aromatic carbocycles. The molecule has 0 spiro atoms. The predicted molar refractivity (Wildman–Crippen MR) is 303 cm³/mol. The topological polar surface area (TPSA) is 394 Å². The number of allylic oxidation sites excluding steroid dienone is 1. The molecule has 6 aromatic rings. The van der Waals surface area contributed by atoms with Gasteiger partial charge in [-0.05, 0) is 84.5 Å². The van der Waals surface area contributed by atoms with Gasteiger partial charge in [0.15, 0.2) is 0 Å². The first-order chi connectivity index (χ1) is 41.2. The van der Waals surface area contributed by atoms with Gasteiger partial charge in [-0.2, -0.15) is 0 Å². The highest BCUT2D eigenvalue weighted by molar-refractivity contribution is 5.99. The number of halogens is 2. The van der Waals surface area contributed by atoms with Crippen molar-refractivity contribution in [3.05, 3.63) is 132 Å². The number of carbonyl (C=O) groups is 10. The number of ether oxygens (including phenoxy) is 1. The molecule has 28 heteroatoms. The lowest BCUT2D eigenvalue weighted by Gasteiger charge is -2.29. The summed E-state index contributed by atoms with van der Waals surface area (Å²) in [5, 5.41) is 38.6. The molecule has 5 heterocycles. The summed E-state index contributed by atoms with van der Waals surface area (Å²) in [7, 11) is 0. The molecule has 0 aliphatic carbocycles. The Balaban J connectivity index is 1.16. The molecule has 86 heavy (non-hydrogen) atoms. The van der Waals surface area contributed by atoms with E-state index in [0.717, 1.165) is 6.07 Å². The Hall–Kier alpha value is -9.99. The highest BCUT2D eigenvalue weighted by atomic mass is 19.1. The number of carboxylic acid groups (broad SMARTS) is 1. The van der Waals surface area contributed by atoms with Crippen LogP contribution in [0.2, 0.25) is 0 Å². The SMILES string of the molecule is CC(=O)N[C@@H]1CCC/C=C/CO[C@H]2C[C@@H](C(N)=O)N(C2)C(=O)[C@H](Cc2ccc(O)cc2)NC(=O)[C@H](Cc2cnc[nH]2)NC(=O)[C@H](CC(=O)O)NC(=O)[C@H](Cc2c[nH]c3ccc(F)cc23)NC(=O)[C@H](Cc2c[nH]c3ccc(F)cc23)NC(=O)CNC1=O. The number of aliphatic carboxylic acids is 1. The number of hydrogen-bond donors (Lipinski definition) is 13. The predicted octanol–water partition coefficient (Wildman–Crippen LogP) is 0.358. The Morgan fingerprint density at radius 3 is 1.88 bits per heavy atom. The Morgan fingerprint density at radius 1 is 0.721 bits per heavy atom. The van der Waals surface area contributed by atoms with Crippen molar-refractivity contribution in [1.29, 1.82) is 0 Å². The Morgan fingerprint density at radius 2 is 1.30 bits per heavy atom. The summed E-state index contributed by atoms with van der Waals surface area (Å²) in [6.45, 7) is 0.338. The van der Waals surface area contributed by atoms with Crippen molar-refractivity contribution in [2.45, 2.75) is 113 Å². The Bertz CT molecular complexity index is 3520. The number of fused-ring (bicyclic) bond motifs is 4. The minimum Gasteiger partial charge on any atom is -0.508 e. The number of phenolic OH excluding ortho intramolecular Hbond substituents is 1. The van der Waals surface area contributed by atoms with Crippen molar-refractivity contribution in [3.63, 3.8) is 0 Å². The van der Waals surface area contributed by atoms with Gasteiger partial charge in [0.25, 0.3) is 0 Å². The highest BCUT2D eigenvalue weighted by Crippen LogP contribution is 2.25. The first kappa shape index (κ1) is 62.1. The van der Waals surface area contributed by atoms with Crippen LogP contribution in [-0.4, -0.2) is 162 Å². The maximum absolute atomic E-state index is 14.8. The highest BCUT2D eigenvalue weighted by Gasteiger charge is 2.43. The molecule has 26 nitrogen and oxygen atoms in total. The Kier molecular flexibility index (Phi) is 20.6. The summed E-state index contributed by atoms with van der Waals surface area (Å²) in [5.74, 6) is -11.3. The molecule has 9 amide bonds. The minimum atomic E-state index is -2.01. The molecule has 1 fully saturated rings. The van der Waals surface area contributed by atoms with Crippen LogP contribution in [-0.2, 0) is 78.4 Å². The standard InChI is InChI=1S/C58H65F2N13O13/c1-30(74)67-43-6-4-2-3-5-15-86-38-22-49(52(61)79)73(28-38)58(85)48(16-31-7-11-37(75)12-8-31)72-56(83)46(21-36-26-62-29-66-36)70-57(84)47(23-51(77)78)71-55(82)45(18-33-25-64-42-14-10-35(60)20-40(33)42)69-54(81)44(68-50(76)27-65-53(43)80)17-32-24-63-41-13-9-34(59)19-39(32)41/h3,5,7-14,19-20,24-26,29,38,43-49,63-64,75H,2,4,6,15-18,21-23,27-28H2,1H3,(H2,61,79)(H,62,66)(H,65,80)(H,67,74)(H,68,76)(H,69,81)(H,70,84)(H,71,82)(H,72,83)(H,77,78)/b5-3+/t38-,43+,44-,45-,46-,47-,48-,49-/m0/s1. The second-order valence-electron chi connectivity index (χ2n) is 21.0. The lowest BCUT2D eigenvalue weighted by Crippen LogP contribution is -2.61. The molecule has 8 rings (SSSR count). The minimum absolute atomic E-state index is 0.0110. The molecule has 2 aliphatic rings. The lowest BCUT2D eigenvalue weighted by atomic mass is 10.0. The third-order valence-corrected chi connectivity index (χ3v) is 14.7. The summed E-state index contributed by atoms with van der Waals surface area (Å²) >= 11 is 0. The van der Waals surface area contributed by atoms with Gasteiger partial charge in [0.1, 0.15) is 59.7 Å². The second kappa shape index (κ2) is 28.5. The van der Waals surface area contributed by atoms with Gasteiger partial charge in [-0.15, -0.1) is 0 Å². The maximum Gasteiger partial charge on any atom is 0.305 e. The molecular weight excluding hydrogens is 1120 g/mol. The molecule has 0 radical (unpaired) electrons. The molecule has 1 saturated heterocycles. The molecule has 3 aromatic heterocycles. The van der Waals surface area contributed by atoms with E-state index in [1.165, 1.54) is 91.3 Å². The maximum atomic E-state index is 14.8. The largest absolute Gasteiger partial charge is 0.508 e. The number of hydrogen-bond acceptors (Lipinski definition) is 13. The number of imidazole rings is 1. The fourth-order valence-electron chi connectivity index (χ4n) is 10.4. The van der Waals surface area contributed by atoms with E-state index in [9.17, 15) is 66.9 Å². The number of carbonyl (C=O) groups excluding carboxylic acids is 9. The van der Waals surface area contributed by atoms with Crippen LogP contribution in [0.1, 0.15) is 61.4 Å². The number of H-pyrrole nitrogens is 3. The lowest BCUT2D eigenvalue weighted by molar-refractivity contribution is -0.142. The average Bonchev–Trinajstić information content (AvgIpc) is 4.37. The zero-order valence-electron chi connectivity index (χ0n) is 46.5. The number of benzene rings is 3. The fourth-order valence-corrected chi connectivity index (χ4v) is 10.4. The van der Waals surface area contributed by atoms with Gasteiger partial charge in [0.05, 0.1) is 32.0 Å². The van der Waals surface area contributed by atoms with Gasteiger partial charge in [-0.25, -0.2) is 13.8 Å². The average molecular weight is 1190 g/mol. The van der Waals surface area contributed by atoms with E-state index < -0.39 is 139 Å². The van der Waals surface area contributed by atoms with Crippen molar-refractivity contribution in [2.75, 3.05) is 19.7 Å². The van der Waals surface area contributed by atoms with Gasteiger partial charge in [-0.1, -0.05) is 24.3 Å². The van der Waals surface area contributed by atoms with Crippen LogP contribution in [0, 0.1) is 11.6 Å². The van der Waals surface area contributed by atoms with Crippen molar-refractivity contribution >= 4 is 80.9 Å². The molecule has 8 atom stereocenters. The number of nitrogens with one attached hydrogen (secondary N) is 10. The molecule has 2 bridgehead atoms. The van der Waals surface area contributed by atoms with Crippen molar-refractivity contribution in [2.24, 2.45) is 5.73 Å². The van der Waals surface area contributed by atoms with Crippen molar-refractivity contribution < 1.29 is 71.7 Å². The molecule has 454 valence electrons. The summed E-state index contributed by atoms with van der Waals surface area (Å²) < 4.78 is 35.5. The normalized spacial score (nSPS) is 23.3. The second-order valence-corrected chi connectivity index (χ2v) is 21.0. The summed E-state index contributed by atoms with van der Waals surface area (Å²) in [4.78, 5) is 153. The van der Waals surface area contributed by atoms with Gasteiger partial charge in [-0.3, -0.25) is 47.9 Å². The molecule has 0 unspecified atom stereocenters. The quantitative estimate of drug-likeness (QED) is 0.0737. The van der Waals surface area contributed by atoms with E-state index >= 15 is 0 Å². The number of primary amides is 1. The third kappa shape index (κ3) is 16.6. The van der Waals surface area contributed by atoms with E-state index in [1.807, 2.05) is 0 Å². The number of aromatic hydroxyl groups is 1. The zero-order valence-corrected chi connectivity index (χ0v) is 46.5. The van der Waals surface area contributed by atoms with Crippen LogP contribution in [0.15, 0.2) is 97.7 Å². The first-order valence-electron chi connectivity index (χ1n) is 27.6. The number of aromatic nitrogens is 4. The Labute approximate surface area is 489 Å². The van der Waals surface area contributed by atoms with Crippen molar-refractivity contribution in [3.8, 4) is 5.75 Å². The number of phenols is 1. The summed E-state index contributed by atoms with van der Waals surface area (Å²) in [6, 6.07) is 2.47. The van der Waals surface area contributed by atoms with Gasteiger partial charge in [0, 0.05) is 91.7 Å². The van der Waals surface area contributed by atoms with Crippen LogP contribution >= 0.6 is 0 Å². The van der Waals surface area contributed by atoms with Crippen molar-refractivity contribution in [1.82, 2.24) is 62.1 Å². The monoisotopic (exact) mass is 1190 g/mol. The van der Waals surface area contributed by atoms with Gasteiger partial charge < -0.3 is 77.8 Å². The smallest absolute Gasteiger partial charge is 0.305 e. The number of nitrogens with zero attached hydrogens (tertiary/aromatic N) is 2. The fraction of sp³-hybridized carbons (Fsp3) is 0.362. The number of amides is 9. The molecule has 14 N–H and O–H groups in total. The van der Waals surface area contributed by atoms with E-state index in [4.69, 9.17) is 10.5 Å². The number of rotatable bonds is 12. The van der Waals surface area contributed by atoms with E-state index in [1.54, 1.807) is 12.2 Å². The molecule has 0 saturated carbocycles. The summed E-state index contributed by atoms with van der Waals surface area (Å²) in [5.41, 5.74) is 8.01. The molecular formula is C58H65F2N13O13. The zero-order chi connectivity index (χ0) is 61.6. The van der Waals surface area contributed by atoms with Crippen LogP contribution in [0.4, 0.5) is 8.78 Å². The van der Waals surface area contributed by atoms with E-state index in [2.05, 4.69) is 57.2 Å². The van der Waals surface area contributed by atoms with Crippen LogP contribution in [0.25, 0.3) is 21.8 Å². The van der Waals surface area contributed by atoms with E-state index in [0.29, 0.717) is 40.4 Å². The number of nitrogens with two attached hydrogens (primary N) is 1. The van der Waals surface area contributed by atoms with Crippen LogP contribution in [0.5, 0.6) is 5.75 Å². The van der Waals surface area contributed by atoms with Gasteiger partial charge in [0.2, 0.25) is 53.2 Å². The third-order valence-electron chi connectivity index (χ3n) is 14.7. The summed E-state index contributed by atoms with van der Waals surface area (Å²) in [6.07, 6.45) is 6.56. The number of aromatic amines is 3. The van der Waals surface area contributed by atoms with E-state index in [-0.39, 0.29) is 67.6 Å². The number of carboxylic acids is 1. The van der Waals surface area contributed by atoms with Crippen LogP contribution < -0.4 is 43.0 Å². The van der Waals surface area contributed by atoms with Gasteiger partial charge >= 0.3 is 5.97 Å².